The molecule has 1 aromatic rings. The Balaban J connectivity index is 1.87. The molecule has 0 radical (unpaired) electrons. The van der Waals surface area contributed by atoms with Gasteiger partial charge in [-0.15, -0.1) is 0 Å². The van der Waals surface area contributed by atoms with Crippen LogP contribution in [0.25, 0.3) is 0 Å². The van der Waals surface area contributed by atoms with Crippen LogP contribution in [0.5, 0.6) is 0 Å². The number of esters is 1. The molecular weight excluding hydrogens is 290 g/mol. The molecule has 4 heteroatoms. The van der Waals surface area contributed by atoms with Gasteiger partial charge >= 0.3 is 5.97 Å². The predicted molar refractivity (Wildman–Crippen MR) is 93.9 cm³/mol. The zero-order valence-electron chi connectivity index (χ0n) is 14.2. The summed E-state index contributed by atoms with van der Waals surface area (Å²) >= 11 is 0. The van der Waals surface area contributed by atoms with Crippen molar-refractivity contribution in [1.29, 1.82) is 0 Å². The summed E-state index contributed by atoms with van der Waals surface area (Å²) in [6, 6.07) is 7.54. The number of rotatable bonds is 13. The second-order valence-electron chi connectivity index (χ2n) is 5.82. The Morgan fingerprint density at radius 3 is 2.09 bits per heavy atom. The Labute approximate surface area is 139 Å². The molecule has 0 aromatic heterocycles. The third-order valence-corrected chi connectivity index (χ3v) is 3.91. The van der Waals surface area contributed by atoms with Gasteiger partial charge in [0.25, 0.3) is 0 Å². The van der Waals surface area contributed by atoms with Crippen molar-refractivity contribution in [2.45, 2.75) is 57.8 Å². The number of ether oxygens (including phenoxy) is 1. The van der Waals surface area contributed by atoms with E-state index in [0.717, 1.165) is 37.8 Å². The molecule has 0 unspecified atom stereocenters. The summed E-state index contributed by atoms with van der Waals surface area (Å²) in [5.74, 6) is -0.0988. The van der Waals surface area contributed by atoms with Crippen LogP contribution in [0.15, 0.2) is 24.3 Å². The maximum Gasteiger partial charge on any atom is 0.305 e. The van der Waals surface area contributed by atoms with Crippen LogP contribution in [0.3, 0.4) is 0 Å². The molecule has 0 amide bonds. The van der Waals surface area contributed by atoms with Crippen molar-refractivity contribution in [2.75, 3.05) is 19.0 Å². The van der Waals surface area contributed by atoms with Gasteiger partial charge in [0.15, 0.2) is 0 Å². The monoisotopic (exact) mass is 319 g/mol. The average molecular weight is 319 g/mol. The third-order valence-electron chi connectivity index (χ3n) is 3.91. The van der Waals surface area contributed by atoms with Crippen molar-refractivity contribution in [3.63, 3.8) is 0 Å². The smallest absolute Gasteiger partial charge is 0.305 e. The highest BCUT2D eigenvalue weighted by Gasteiger charge is 1.99. The normalized spacial score (nSPS) is 10.3. The summed E-state index contributed by atoms with van der Waals surface area (Å²) in [4.78, 5) is 21.5. The molecule has 0 aliphatic heterocycles. The number of methoxy groups -OCH3 is 1. The molecule has 0 saturated carbocycles. The van der Waals surface area contributed by atoms with Gasteiger partial charge in [-0.2, -0.15) is 0 Å². The van der Waals surface area contributed by atoms with Gasteiger partial charge in [-0.1, -0.05) is 38.5 Å². The van der Waals surface area contributed by atoms with Crippen LogP contribution < -0.4 is 5.32 Å². The van der Waals surface area contributed by atoms with Gasteiger partial charge in [0, 0.05) is 24.2 Å². The van der Waals surface area contributed by atoms with Crippen molar-refractivity contribution in [2.24, 2.45) is 0 Å². The number of nitrogens with one attached hydrogen (secondary N) is 1. The van der Waals surface area contributed by atoms with Crippen molar-refractivity contribution in [1.82, 2.24) is 0 Å². The van der Waals surface area contributed by atoms with Crippen molar-refractivity contribution >= 4 is 17.9 Å². The summed E-state index contributed by atoms with van der Waals surface area (Å²) < 4.78 is 4.62. The Hall–Kier alpha value is -1.84. The lowest BCUT2D eigenvalue weighted by molar-refractivity contribution is -0.140. The van der Waals surface area contributed by atoms with E-state index in [1.807, 2.05) is 24.3 Å². The first-order valence-electron chi connectivity index (χ1n) is 8.62. The molecule has 0 bridgehead atoms. The number of benzene rings is 1. The maximum atomic E-state index is 10.9. The highest BCUT2D eigenvalue weighted by molar-refractivity contribution is 5.75. The van der Waals surface area contributed by atoms with E-state index in [1.165, 1.54) is 39.2 Å². The van der Waals surface area contributed by atoms with E-state index in [9.17, 15) is 9.59 Å². The number of unbranched alkanes of at least 4 members (excludes halogenated alkanes) is 7. The number of aldehydes is 1. The van der Waals surface area contributed by atoms with E-state index in [0.29, 0.717) is 12.0 Å². The number of carbonyl (C=O) groups is 2. The van der Waals surface area contributed by atoms with Crippen molar-refractivity contribution in [3.05, 3.63) is 29.8 Å². The lowest BCUT2D eigenvalue weighted by Gasteiger charge is -2.06. The Morgan fingerprint density at radius 1 is 0.957 bits per heavy atom. The average Bonchev–Trinajstić information content (AvgIpc) is 2.59. The van der Waals surface area contributed by atoms with E-state index in [2.05, 4.69) is 10.1 Å². The second-order valence-corrected chi connectivity index (χ2v) is 5.82. The van der Waals surface area contributed by atoms with E-state index < -0.39 is 0 Å². The number of hydrogen-bond acceptors (Lipinski definition) is 4. The summed E-state index contributed by atoms with van der Waals surface area (Å²) in [6.07, 6.45) is 10.9. The Kier molecular flexibility index (Phi) is 10.6. The zero-order valence-corrected chi connectivity index (χ0v) is 14.2. The Bertz CT molecular complexity index is 442. The van der Waals surface area contributed by atoms with Gasteiger partial charge in [-0.3, -0.25) is 9.59 Å². The first-order valence-corrected chi connectivity index (χ1v) is 8.62. The molecule has 1 rings (SSSR count). The summed E-state index contributed by atoms with van der Waals surface area (Å²) in [6.45, 7) is 0.972. The predicted octanol–water partition coefficient (Wildman–Crippen LogP) is 4.59. The van der Waals surface area contributed by atoms with Gasteiger partial charge in [0.1, 0.15) is 6.29 Å². The van der Waals surface area contributed by atoms with Gasteiger partial charge in [0.2, 0.25) is 0 Å². The van der Waals surface area contributed by atoms with Crippen LogP contribution in [0.2, 0.25) is 0 Å². The number of anilines is 1. The highest BCUT2D eigenvalue weighted by Crippen LogP contribution is 2.11. The van der Waals surface area contributed by atoms with Crippen LogP contribution in [-0.4, -0.2) is 25.9 Å². The molecule has 0 aliphatic carbocycles. The van der Waals surface area contributed by atoms with Crippen molar-refractivity contribution < 1.29 is 14.3 Å². The topological polar surface area (TPSA) is 55.4 Å². The third kappa shape index (κ3) is 9.72. The lowest BCUT2D eigenvalue weighted by atomic mass is 10.1. The van der Waals surface area contributed by atoms with E-state index >= 15 is 0 Å². The Morgan fingerprint density at radius 2 is 1.52 bits per heavy atom. The molecular formula is C19H29NO3. The summed E-state index contributed by atoms with van der Waals surface area (Å²) in [7, 11) is 1.44. The van der Waals surface area contributed by atoms with Crippen LogP contribution in [0.1, 0.15) is 68.1 Å². The summed E-state index contributed by atoms with van der Waals surface area (Å²) in [5, 5.41) is 3.37. The van der Waals surface area contributed by atoms with Crippen LogP contribution in [-0.2, 0) is 9.53 Å². The molecule has 1 aromatic carbocycles. The van der Waals surface area contributed by atoms with Gasteiger partial charge in [-0.25, -0.2) is 0 Å². The van der Waals surface area contributed by atoms with E-state index in [-0.39, 0.29) is 5.97 Å². The molecule has 0 spiro atoms. The van der Waals surface area contributed by atoms with Gasteiger partial charge in [0.05, 0.1) is 7.11 Å². The minimum Gasteiger partial charge on any atom is -0.469 e. The molecule has 1 N–H and O–H groups in total. The van der Waals surface area contributed by atoms with Gasteiger partial charge < -0.3 is 10.1 Å². The van der Waals surface area contributed by atoms with Crippen molar-refractivity contribution in [3.8, 4) is 0 Å². The SMILES string of the molecule is COC(=O)CCCCCCCCCCNc1ccc(C=O)cc1. The molecule has 0 atom stereocenters. The molecule has 0 aliphatic rings. The van der Waals surface area contributed by atoms with Crippen LogP contribution in [0, 0.1) is 0 Å². The largest absolute Gasteiger partial charge is 0.469 e. The first-order chi connectivity index (χ1) is 11.3. The van der Waals surface area contributed by atoms with Crippen LogP contribution in [0.4, 0.5) is 5.69 Å². The standard InChI is InChI=1S/C19H29NO3/c1-23-19(22)10-8-6-4-2-3-5-7-9-15-20-18-13-11-17(16-21)12-14-18/h11-14,16,20H,2-10,15H2,1H3. The first kappa shape index (κ1) is 19.2. The second kappa shape index (κ2) is 12.7. The highest BCUT2D eigenvalue weighted by atomic mass is 16.5. The lowest BCUT2D eigenvalue weighted by Crippen LogP contribution is -2.01. The number of carbonyl (C=O) groups excluding carboxylic acids is 2. The molecule has 23 heavy (non-hydrogen) atoms. The number of hydrogen-bond donors (Lipinski definition) is 1. The molecule has 0 saturated heterocycles. The van der Waals surface area contributed by atoms with E-state index in [4.69, 9.17) is 0 Å². The quantitative estimate of drug-likeness (QED) is 0.328. The summed E-state index contributed by atoms with van der Waals surface area (Å²) in [5.41, 5.74) is 1.78. The molecule has 0 heterocycles. The zero-order chi connectivity index (χ0) is 16.8. The minimum absolute atomic E-state index is 0.0988. The fourth-order valence-electron chi connectivity index (χ4n) is 2.47. The maximum absolute atomic E-state index is 10.9. The molecule has 128 valence electrons. The molecule has 4 nitrogen and oxygen atoms in total. The fourth-order valence-corrected chi connectivity index (χ4v) is 2.47. The minimum atomic E-state index is -0.0988. The van der Waals surface area contributed by atoms with Gasteiger partial charge in [-0.05, 0) is 37.1 Å². The molecule has 0 fully saturated rings. The fraction of sp³-hybridized carbons (Fsp3) is 0.579. The van der Waals surface area contributed by atoms with Crippen LogP contribution >= 0.6 is 0 Å². The van der Waals surface area contributed by atoms with E-state index in [1.54, 1.807) is 0 Å².